The predicted octanol–water partition coefficient (Wildman–Crippen LogP) is 3.03. The number of benzene rings is 2. The van der Waals surface area contributed by atoms with Crippen LogP contribution in [-0.2, 0) is 4.79 Å². The minimum absolute atomic E-state index is 0.180. The fourth-order valence-corrected chi connectivity index (χ4v) is 2.43. The van der Waals surface area contributed by atoms with Crippen LogP contribution < -0.4 is 20.1 Å². The molecule has 0 spiro atoms. The highest BCUT2D eigenvalue weighted by Gasteiger charge is 2.13. The monoisotopic (exact) mass is 362 g/mol. The van der Waals surface area contributed by atoms with Gasteiger partial charge in [0.2, 0.25) is 5.91 Å². The van der Waals surface area contributed by atoms with Crippen LogP contribution in [0.25, 0.3) is 0 Å². The topological polar surface area (TPSA) is 76.7 Å². The molecule has 0 aliphatic carbocycles. The summed E-state index contributed by atoms with van der Waals surface area (Å²) < 4.78 is 10.3. The molecule has 2 aromatic rings. The van der Waals surface area contributed by atoms with Crippen molar-refractivity contribution in [2.45, 2.75) is 6.92 Å². The fourth-order valence-electron chi connectivity index (χ4n) is 2.20. The Morgan fingerprint density at radius 2 is 1.80 bits per heavy atom. The Bertz CT molecular complexity index is 793. The number of carbonyl (C=O) groups is 2. The van der Waals surface area contributed by atoms with Crippen molar-refractivity contribution in [3.63, 3.8) is 0 Å². The Morgan fingerprint density at radius 1 is 1.08 bits per heavy atom. The van der Waals surface area contributed by atoms with Crippen molar-refractivity contribution in [3.05, 3.63) is 52.5 Å². The molecule has 0 bridgehead atoms. The molecule has 0 fully saturated rings. The van der Waals surface area contributed by atoms with Crippen molar-refractivity contribution in [3.8, 4) is 11.5 Å². The standard InChI is InChI=1S/C18H19ClN2O4/c1-11-5-4-6-12(7-11)18(23)20-10-17(22)21-14-9-15(24-2)13(19)8-16(14)25-3/h4-9H,10H2,1-3H3,(H,20,23)(H,21,22). The maximum Gasteiger partial charge on any atom is 0.251 e. The van der Waals surface area contributed by atoms with E-state index >= 15 is 0 Å². The van der Waals surface area contributed by atoms with Crippen molar-refractivity contribution in [2.24, 2.45) is 0 Å². The smallest absolute Gasteiger partial charge is 0.251 e. The number of halogens is 1. The zero-order valence-electron chi connectivity index (χ0n) is 14.2. The lowest BCUT2D eigenvalue weighted by Crippen LogP contribution is -2.32. The van der Waals surface area contributed by atoms with E-state index in [4.69, 9.17) is 21.1 Å². The van der Waals surface area contributed by atoms with E-state index in [0.717, 1.165) is 5.56 Å². The highest BCUT2D eigenvalue weighted by molar-refractivity contribution is 6.32. The van der Waals surface area contributed by atoms with E-state index in [1.807, 2.05) is 13.0 Å². The molecule has 2 N–H and O–H groups in total. The maximum atomic E-state index is 12.1. The normalized spacial score (nSPS) is 10.1. The molecule has 2 amide bonds. The Labute approximate surface area is 151 Å². The number of anilines is 1. The molecule has 2 rings (SSSR count). The molecule has 0 radical (unpaired) electrons. The first-order valence-electron chi connectivity index (χ1n) is 7.51. The molecule has 0 heterocycles. The van der Waals surface area contributed by atoms with E-state index in [0.29, 0.717) is 27.8 Å². The van der Waals surface area contributed by atoms with E-state index in [-0.39, 0.29) is 12.5 Å². The third kappa shape index (κ3) is 4.87. The fraction of sp³-hybridized carbons (Fsp3) is 0.222. The zero-order chi connectivity index (χ0) is 18.4. The maximum absolute atomic E-state index is 12.1. The van der Waals surface area contributed by atoms with Crippen LogP contribution in [0.5, 0.6) is 11.5 Å². The van der Waals surface area contributed by atoms with Crippen LogP contribution in [0.1, 0.15) is 15.9 Å². The van der Waals surface area contributed by atoms with Gasteiger partial charge in [-0.05, 0) is 19.1 Å². The molecule has 132 valence electrons. The lowest BCUT2D eigenvalue weighted by molar-refractivity contribution is -0.115. The van der Waals surface area contributed by atoms with Crippen LogP contribution in [-0.4, -0.2) is 32.6 Å². The van der Waals surface area contributed by atoms with E-state index < -0.39 is 5.91 Å². The highest BCUT2D eigenvalue weighted by Crippen LogP contribution is 2.35. The molecule has 2 aromatic carbocycles. The predicted molar refractivity (Wildman–Crippen MR) is 96.7 cm³/mol. The molecular weight excluding hydrogens is 344 g/mol. The third-order valence-corrected chi connectivity index (χ3v) is 3.73. The average molecular weight is 363 g/mol. The molecule has 25 heavy (non-hydrogen) atoms. The highest BCUT2D eigenvalue weighted by atomic mass is 35.5. The van der Waals surface area contributed by atoms with Gasteiger partial charge in [0, 0.05) is 17.7 Å². The first-order valence-corrected chi connectivity index (χ1v) is 7.88. The SMILES string of the molecule is COc1cc(NC(=O)CNC(=O)c2cccc(C)c2)c(OC)cc1Cl. The van der Waals surface area contributed by atoms with Crippen molar-refractivity contribution in [1.82, 2.24) is 5.32 Å². The Balaban J connectivity index is 2.02. The van der Waals surface area contributed by atoms with Crippen LogP contribution in [0.3, 0.4) is 0 Å². The summed E-state index contributed by atoms with van der Waals surface area (Å²) in [6.07, 6.45) is 0. The van der Waals surface area contributed by atoms with Gasteiger partial charge in [0.1, 0.15) is 11.5 Å². The third-order valence-electron chi connectivity index (χ3n) is 3.44. The number of carbonyl (C=O) groups excluding carboxylic acids is 2. The Hall–Kier alpha value is -2.73. The number of ether oxygens (including phenoxy) is 2. The first-order chi connectivity index (χ1) is 11.9. The second-order valence-electron chi connectivity index (χ2n) is 5.29. The van der Waals surface area contributed by atoms with Crippen molar-refractivity contribution in [1.29, 1.82) is 0 Å². The van der Waals surface area contributed by atoms with Crippen LogP contribution in [0, 0.1) is 6.92 Å². The molecule has 0 aliphatic rings. The first kappa shape index (κ1) is 18.6. The lowest BCUT2D eigenvalue weighted by atomic mass is 10.1. The molecule has 7 heteroatoms. The van der Waals surface area contributed by atoms with Gasteiger partial charge < -0.3 is 20.1 Å². The van der Waals surface area contributed by atoms with Crippen molar-refractivity contribution in [2.75, 3.05) is 26.1 Å². The average Bonchev–Trinajstić information content (AvgIpc) is 2.60. The number of aryl methyl sites for hydroxylation is 1. The summed E-state index contributed by atoms with van der Waals surface area (Å²) in [6, 6.07) is 10.2. The second kappa shape index (κ2) is 8.39. The number of nitrogens with one attached hydrogen (secondary N) is 2. The van der Waals surface area contributed by atoms with Crippen LogP contribution in [0.15, 0.2) is 36.4 Å². The summed E-state index contributed by atoms with van der Waals surface area (Å²) >= 11 is 6.03. The van der Waals surface area contributed by atoms with Crippen LogP contribution in [0.4, 0.5) is 5.69 Å². The van der Waals surface area contributed by atoms with Gasteiger partial charge in [0.15, 0.2) is 0 Å². The molecule has 0 unspecified atom stereocenters. The number of amides is 2. The summed E-state index contributed by atoms with van der Waals surface area (Å²) in [6.45, 7) is 1.71. The number of rotatable bonds is 6. The summed E-state index contributed by atoms with van der Waals surface area (Å²) in [5.74, 6) is 0.0777. The number of hydrogen-bond donors (Lipinski definition) is 2. The zero-order valence-corrected chi connectivity index (χ0v) is 14.9. The minimum atomic E-state index is -0.399. The quantitative estimate of drug-likeness (QED) is 0.828. The Kier molecular flexibility index (Phi) is 6.25. The molecule has 0 saturated heterocycles. The number of methoxy groups -OCH3 is 2. The second-order valence-corrected chi connectivity index (χ2v) is 5.69. The van der Waals surface area contributed by atoms with Crippen molar-refractivity contribution >= 4 is 29.1 Å². The van der Waals surface area contributed by atoms with E-state index in [9.17, 15) is 9.59 Å². The van der Waals surface area contributed by atoms with E-state index in [2.05, 4.69) is 10.6 Å². The summed E-state index contributed by atoms with van der Waals surface area (Å²) in [4.78, 5) is 24.2. The molecule has 0 aromatic heterocycles. The van der Waals surface area contributed by atoms with E-state index in [1.54, 1.807) is 30.3 Å². The van der Waals surface area contributed by atoms with Gasteiger partial charge in [-0.15, -0.1) is 0 Å². The van der Waals surface area contributed by atoms with Gasteiger partial charge in [-0.25, -0.2) is 0 Å². The van der Waals surface area contributed by atoms with Crippen LogP contribution in [0.2, 0.25) is 5.02 Å². The molecular formula is C18H19ClN2O4. The summed E-state index contributed by atoms with van der Waals surface area (Å²) in [7, 11) is 2.94. The summed E-state index contributed by atoms with van der Waals surface area (Å²) in [5, 5.41) is 5.60. The van der Waals surface area contributed by atoms with E-state index in [1.165, 1.54) is 14.2 Å². The largest absolute Gasteiger partial charge is 0.495 e. The molecule has 6 nitrogen and oxygen atoms in total. The molecule has 0 aliphatic heterocycles. The minimum Gasteiger partial charge on any atom is -0.495 e. The molecule has 0 saturated carbocycles. The summed E-state index contributed by atoms with van der Waals surface area (Å²) in [5.41, 5.74) is 1.87. The van der Waals surface area contributed by atoms with Gasteiger partial charge in [-0.1, -0.05) is 29.3 Å². The Morgan fingerprint density at radius 3 is 2.44 bits per heavy atom. The van der Waals surface area contributed by atoms with Crippen molar-refractivity contribution < 1.29 is 19.1 Å². The molecule has 0 atom stereocenters. The number of hydrogen-bond acceptors (Lipinski definition) is 4. The van der Waals surface area contributed by atoms with Gasteiger partial charge in [-0.3, -0.25) is 9.59 Å². The van der Waals surface area contributed by atoms with Crippen LogP contribution >= 0.6 is 11.6 Å². The van der Waals surface area contributed by atoms with Gasteiger partial charge in [0.05, 0.1) is 31.5 Å². The van der Waals surface area contributed by atoms with Gasteiger partial charge in [0.25, 0.3) is 5.91 Å². The van der Waals surface area contributed by atoms with Gasteiger partial charge >= 0.3 is 0 Å². The lowest BCUT2D eigenvalue weighted by Gasteiger charge is -2.13. The van der Waals surface area contributed by atoms with Gasteiger partial charge in [-0.2, -0.15) is 0 Å².